The molecule has 0 saturated heterocycles. The molecule has 1 aliphatic heterocycles. The van der Waals surface area contributed by atoms with Gasteiger partial charge >= 0.3 is 0 Å². The highest BCUT2D eigenvalue weighted by Gasteiger charge is 2.27. The third-order valence-electron chi connectivity index (χ3n) is 6.71. The van der Waals surface area contributed by atoms with E-state index in [9.17, 15) is 4.79 Å². The maximum Gasteiger partial charge on any atom is 0.293 e. The second-order valence-electron chi connectivity index (χ2n) is 9.12. The molecule has 2 aromatic heterocycles. The van der Waals surface area contributed by atoms with Gasteiger partial charge in [0.05, 0.1) is 18.0 Å². The Morgan fingerprint density at radius 1 is 1.08 bits per heavy atom. The molecule has 6 rings (SSSR count). The number of nitrogens with zero attached hydrogens (tertiary/aromatic N) is 7. The third-order valence-corrected chi connectivity index (χ3v) is 6.71. The van der Waals surface area contributed by atoms with Crippen molar-refractivity contribution in [1.29, 1.82) is 0 Å². The fraction of sp³-hybridized carbons (Fsp3) is 0.185. The van der Waals surface area contributed by atoms with E-state index in [4.69, 9.17) is 10.4 Å². The van der Waals surface area contributed by atoms with Crippen LogP contribution in [0.15, 0.2) is 76.5 Å². The van der Waals surface area contributed by atoms with Gasteiger partial charge in [-0.25, -0.2) is 10.1 Å². The van der Waals surface area contributed by atoms with Crippen molar-refractivity contribution in [3.8, 4) is 5.82 Å². The summed E-state index contributed by atoms with van der Waals surface area (Å²) in [5, 5.41) is 22.4. The van der Waals surface area contributed by atoms with E-state index in [0.29, 0.717) is 18.0 Å². The van der Waals surface area contributed by atoms with Gasteiger partial charge in [-0.3, -0.25) is 4.79 Å². The second kappa shape index (κ2) is 9.77. The van der Waals surface area contributed by atoms with Crippen LogP contribution in [-0.2, 0) is 13.0 Å². The Hall–Kier alpha value is -5.06. The van der Waals surface area contributed by atoms with Crippen molar-refractivity contribution in [3.05, 3.63) is 89.2 Å². The third kappa shape index (κ3) is 4.34. The van der Waals surface area contributed by atoms with Crippen molar-refractivity contribution >= 4 is 33.9 Å². The number of hydrogen-bond acceptors (Lipinski definition) is 9. The molecule has 0 fully saturated rings. The standard InChI is InChI=1S/C27H25N9O2/c1-17(20-13-12-18-7-2-3-9-21(18)15-20)29-31-27(37)24-23(36(34-30-24)26-25(28)32-38-33-26)16-35-14-6-10-19-8-4-5-11-22(19)35/h2-5,7-9,11-13,15H,6,10,14,16H2,1H3,(H2,28,32)(H,31,37). The van der Waals surface area contributed by atoms with Crippen LogP contribution in [0.5, 0.6) is 0 Å². The lowest BCUT2D eigenvalue weighted by molar-refractivity contribution is 0.0948. The molecule has 0 radical (unpaired) electrons. The minimum atomic E-state index is -0.494. The van der Waals surface area contributed by atoms with Crippen molar-refractivity contribution in [2.45, 2.75) is 26.3 Å². The van der Waals surface area contributed by atoms with Crippen molar-refractivity contribution in [2.24, 2.45) is 5.10 Å². The summed E-state index contributed by atoms with van der Waals surface area (Å²) >= 11 is 0. The molecule has 0 unspecified atom stereocenters. The zero-order valence-corrected chi connectivity index (χ0v) is 20.7. The quantitative estimate of drug-likeness (QED) is 0.263. The maximum absolute atomic E-state index is 13.3. The number of hydrazone groups is 1. The number of aryl methyl sites for hydroxylation is 1. The van der Waals surface area contributed by atoms with Crippen LogP contribution in [0.2, 0.25) is 0 Å². The minimum absolute atomic E-state index is 0.0484. The van der Waals surface area contributed by atoms with E-state index in [-0.39, 0.29) is 17.3 Å². The molecule has 38 heavy (non-hydrogen) atoms. The summed E-state index contributed by atoms with van der Waals surface area (Å²) in [4.78, 5) is 15.5. The number of aromatic nitrogens is 5. The highest BCUT2D eigenvalue weighted by molar-refractivity contribution is 6.03. The first kappa shape index (κ1) is 23.3. The number of anilines is 2. The van der Waals surface area contributed by atoms with Crippen LogP contribution < -0.4 is 16.1 Å². The Bertz CT molecular complexity index is 1670. The number of benzene rings is 3. The number of fused-ring (bicyclic) bond motifs is 2. The average Bonchev–Trinajstić information content (AvgIpc) is 3.57. The molecule has 0 spiro atoms. The number of para-hydroxylation sites is 1. The van der Waals surface area contributed by atoms with E-state index < -0.39 is 5.91 Å². The lowest BCUT2D eigenvalue weighted by atomic mass is 10.0. The van der Waals surface area contributed by atoms with Gasteiger partial charge in [-0.05, 0) is 64.1 Å². The molecule has 0 saturated carbocycles. The van der Waals surface area contributed by atoms with Crippen molar-refractivity contribution in [2.75, 3.05) is 17.2 Å². The number of amides is 1. The summed E-state index contributed by atoms with van der Waals surface area (Å²) in [5.41, 5.74) is 13.1. The summed E-state index contributed by atoms with van der Waals surface area (Å²) in [5.74, 6) is -0.272. The van der Waals surface area contributed by atoms with Gasteiger partial charge in [-0.15, -0.1) is 5.10 Å². The van der Waals surface area contributed by atoms with Gasteiger partial charge in [0, 0.05) is 12.2 Å². The normalized spacial score (nSPS) is 13.5. The van der Waals surface area contributed by atoms with Gasteiger partial charge < -0.3 is 10.6 Å². The average molecular weight is 508 g/mol. The van der Waals surface area contributed by atoms with Crippen LogP contribution in [0.4, 0.5) is 11.5 Å². The molecule has 0 atom stereocenters. The first-order valence-electron chi connectivity index (χ1n) is 12.3. The number of nitrogens with one attached hydrogen (secondary N) is 1. The summed E-state index contributed by atoms with van der Waals surface area (Å²) in [6, 6.07) is 22.4. The molecular formula is C27H25N9O2. The van der Waals surface area contributed by atoms with Gasteiger partial charge in [0.15, 0.2) is 5.69 Å². The van der Waals surface area contributed by atoms with Gasteiger partial charge in [0.1, 0.15) is 0 Å². The lowest BCUT2D eigenvalue weighted by Gasteiger charge is -2.31. The van der Waals surface area contributed by atoms with Crippen molar-refractivity contribution < 1.29 is 9.42 Å². The van der Waals surface area contributed by atoms with Crippen LogP contribution >= 0.6 is 0 Å². The first-order chi connectivity index (χ1) is 18.6. The molecule has 3 aromatic carbocycles. The summed E-state index contributed by atoms with van der Waals surface area (Å²) in [6.07, 6.45) is 1.99. The van der Waals surface area contributed by atoms with Crippen LogP contribution in [0.1, 0.15) is 40.7 Å². The van der Waals surface area contributed by atoms with Gasteiger partial charge in [0.2, 0.25) is 11.6 Å². The van der Waals surface area contributed by atoms with Crippen molar-refractivity contribution in [1.82, 2.24) is 30.7 Å². The predicted molar refractivity (Wildman–Crippen MR) is 143 cm³/mol. The SMILES string of the molecule is CC(=NNC(=O)c1nnn(-c2nonc2N)c1CN1CCCc2ccccc21)c1ccc2ccccc2c1. The van der Waals surface area contributed by atoms with Crippen LogP contribution in [0.3, 0.4) is 0 Å². The molecule has 5 aromatic rings. The second-order valence-corrected chi connectivity index (χ2v) is 9.12. The van der Waals surface area contributed by atoms with E-state index in [0.717, 1.165) is 41.4 Å². The molecule has 190 valence electrons. The summed E-state index contributed by atoms with van der Waals surface area (Å²) in [6.45, 7) is 3.01. The topological polar surface area (TPSA) is 140 Å². The zero-order chi connectivity index (χ0) is 26.1. The van der Waals surface area contributed by atoms with E-state index in [1.165, 1.54) is 10.2 Å². The fourth-order valence-corrected chi connectivity index (χ4v) is 4.75. The number of carbonyl (C=O) groups excluding carboxylic acids is 1. The van der Waals surface area contributed by atoms with E-state index in [1.807, 2.05) is 55.5 Å². The van der Waals surface area contributed by atoms with Crippen LogP contribution in [-0.4, -0.2) is 43.5 Å². The fourth-order valence-electron chi connectivity index (χ4n) is 4.75. The summed E-state index contributed by atoms with van der Waals surface area (Å²) < 4.78 is 6.18. The molecule has 11 heteroatoms. The van der Waals surface area contributed by atoms with E-state index in [1.54, 1.807) is 0 Å². The molecular weight excluding hydrogens is 482 g/mol. The number of nitrogen functional groups attached to an aromatic ring is 1. The Morgan fingerprint density at radius 2 is 1.89 bits per heavy atom. The van der Waals surface area contributed by atoms with Gasteiger partial charge in [0.25, 0.3) is 5.91 Å². The zero-order valence-electron chi connectivity index (χ0n) is 20.7. The van der Waals surface area contributed by atoms with Crippen LogP contribution in [0, 0.1) is 0 Å². The lowest BCUT2D eigenvalue weighted by Crippen LogP contribution is -2.31. The van der Waals surface area contributed by atoms with Crippen LogP contribution in [0.25, 0.3) is 16.6 Å². The predicted octanol–water partition coefficient (Wildman–Crippen LogP) is 3.49. The Labute approximate surface area is 217 Å². The molecule has 0 aliphatic carbocycles. The Morgan fingerprint density at radius 3 is 2.74 bits per heavy atom. The Balaban J connectivity index is 1.31. The molecule has 1 aliphatic rings. The summed E-state index contributed by atoms with van der Waals surface area (Å²) in [7, 11) is 0. The number of nitrogens with two attached hydrogens (primary N) is 1. The highest BCUT2D eigenvalue weighted by atomic mass is 16.6. The molecule has 1 amide bonds. The number of rotatable bonds is 6. The smallest absolute Gasteiger partial charge is 0.293 e. The monoisotopic (exact) mass is 507 g/mol. The number of carbonyl (C=O) groups is 1. The molecule has 0 bridgehead atoms. The maximum atomic E-state index is 13.3. The largest absolute Gasteiger partial charge is 0.378 e. The highest BCUT2D eigenvalue weighted by Crippen LogP contribution is 2.29. The molecule has 3 N–H and O–H groups in total. The first-order valence-corrected chi connectivity index (χ1v) is 12.3. The van der Waals surface area contributed by atoms with E-state index >= 15 is 0 Å². The van der Waals surface area contributed by atoms with Crippen molar-refractivity contribution in [3.63, 3.8) is 0 Å². The Kier molecular flexibility index (Phi) is 6.00. The van der Waals surface area contributed by atoms with E-state index in [2.05, 4.69) is 54.3 Å². The molecule has 11 nitrogen and oxygen atoms in total. The van der Waals surface area contributed by atoms with Gasteiger partial charge in [-0.2, -0.15) is 9.78 Å². The number of hydrogen-bond donors (Lipinski definition) is 2. The molecule has 3 heterocycles. The van der Waals surface area contributed by atoms with Gasteiger partial charge in [-0.1, -0.05) is 59.8 Å². The minimum Gasteiger partial charge on any atom is -0.378 e.